The maximum Gasteiger partial charge on any atom is 0.273 e. The van der Waals surface area contributed by atoms with Crippen molar-refractivity contribution in [2.75, 3.05) is 50.5 Å². The van der Waals surface area contributed by atoms with Crippen molar-refractivity contribution in [3.63, 3.8) is 0 Å². The molecule has 0 bridgehead atoms. The molecule has 0 atom stereocenters. The molecular weight excluding hydrogens is 656 g/mol. The van der Waals surface area contributed by atoms with Gasteiger partial charge in [0.1, 0.15) is 5.69 Å². The van der Waals surface area contributed by atoms with E-state index in [2.05, 4.69) is 53.5 Å². The summed E-state index contributed by atoms with van der Waals surface area (Å²) in [6.07, 6.45) is 5.88. The van der Waals surface area contributed by atoms with Crippen molar-refractivity contribution >= 4 is 39.8 Å². The quantitative estimate of drug-likeness (QED) is 0.235. The number of carbonyl (C=O) groups excluding carboxylic acids is 2. The van der Waals surface area contributed by atoms with E-state index < -0.39 is 0 Å². The van der Waals surface area contributed by atoms with Crippen molar-refractivity contribution in [3.8, 4) is 16.9 Å². The van der Waals surface area contributed by atoms with Crippen molar-refractivity contribution < 1.29 is 9.59 Å². The highest BCUT2D eigenvalue weighted by molar-refractivity contribution is 6.00. The van der Waals surface area contributed by atoms with Crippen LogP contribution in [-0.2, 0) is 13.1 Å². The number of hydrogen-bond acceptors (Lipinski definition) is 10. The molecule has 2 aromatic carbocycles. The molecule has 262 valence electrons. The summed E-state index contributed by atoms with van der Waals surface area (Å²) < 4.78 is 3.89. The van der Waals surface area contributed by atoms with Crippen LogP contribution in [0.4, 0.5) is 17.1 Å². The molecule has 14 nitrogen and oxygen atoms in total. The minimum Gasteiger partial charge on any atom is -0.366 e. The van der Waals surface area contributed by atoms with Crippen molar-refractivity contribution in [2.24, 2.45) is 0 Å². The van der Waals surface area contributed by atoms with Crippen molar-refractivity contribution in [3.05, 3.63) is 102 Å². The van der Waals surface area contributed by atoms with Gasteiger partial charge >= 0.3 is 0 Å². The number of fused-ring (bicyclic) bond motifs is 4. The van der Waals surface area contributed by atoms with Crippen LogP contribution in [-0.4, -0.2) is 96.6 Å². The Morgan fingerprint density at radius 1 is 0.885 bits per heavy atom. The number of carbonyl (C=O) groups is 2. The number of pyridine rings is 1. The van der Waals surface area contributed by atoms with Crippen molar-refractivity contribution in [2.45, 2.75) is 32.0 Å². The number of para-hydroxylation sites is 2. The summed E-state index contributed by atoms with van der Waals surface area (Å²) >= 11 is 0. The maximum absolute atomic E-state index is 12.9. The lowest BCUT2D eigenvalue weighted by Gasteiger charge is -2.40. The topological polar surface area (TPSA) is 142 Å². The van der Waals surface area contributed by atoms with Gasteiger partial charge < -0.3 is 20.4 Å². The highest BCUT2D eigenvalue weighted by Gasteiger charge is 2.34. The third kappa shape index (κ3) is 5.51. The molecule has 2 saturated heterocycles. The van der Waals surface area contributed by atoms with Gasteiger partial charge in [-0.25, -0.2) is 9.67 Å². The van der Waals surface area contributed by atoms with Crippen LogP contribution in [0.25, 0.3) is 27.8 Å². The minimum atomic E-state index is -0.345. The SMILES string of the molecule is CNC(=O)c1nnc(-n2ncc3ccccc32)cc1Nc1cccc2c1N(C)Cc1c-2cnn1C1CN(Cc2cccc(C(=O)N3CCCC3)n2)C1. The molecule has 0 spiro atoms. The van der Waals surface area contributed by atoms with Gasteiger partial charge in [-0.2, -0.15) is 10.2 Å². The third-order valence-corrected chi connectivity index (χ3v) is 10.3. The second-order valence-electron chi connectivity index (χ2n) is 13.7. The molecule has 52 heavy (non-hydrogen) atoms. The fraction of sp³-hybridized carbons (Fsp3) is 0.289. The number of likely N-dealkylation sites (tertiary alicyclic amines) is 2. The predicted molar refractivity (Wildman–Crippen MR) is 197 cm³/mol. The van der Waals surface area contributed by atoms with Gasteiger partial charge in [0.25, 0.3) is 11.8 Å². The third-order valence-electron chi connectivity index (χ3n) is 10.3. The van der Waals surface area contributed by atoms with Crippen LogP contribution in [0.15, 0.2) is 79.1 Å². The maximum atomic E-state index is 12.9. The van der Waals surface area contributed by atoms with Gasteiger partial charge in [-0.15, -0.1) is 10.2 Å². The first kappa shape index (κ1) is 31.8. The first-order valence-electron chi connectivity index (χ1n) is 17.6. The van der Waals surface area contributed by atoms with Gasteiger partial charge in [0.15, 0.2) is 11.5 Å². The normalized spacial score (nSPS) is 15.7. The zero-order valence-corrected chi connectivity index (χ0v) is 29.0. The fourth-order valence-corrected chi connectivity index (χ4v) is 7.65. The largest absolute Gasteiger partial charge is 0.366 e. The van der Waals surface area contributed by atoms with Crippen LogP contribution < -0.4 is 15.5 Å². The number of nitrogens with one attached hydrogen (secondary N) is 2. The molecule has 3 aliphatic rings. The van der Waals surface area contributed by atoms with E-state index in [0.717, 1.165) is 83.8 Å². The number of aromatic nitrogens is 7. The molecule has 6 aromatic rings. The van der Waals surface area contributed by atoms with Crippen LogP contribution in [0.3, 0.4) is 0 Å². The number of benzene rings is 2. The van der Waals surface area contributed by atoms with Gasteiger partial charge in [0.05, 0.1) is 58.9 Å². The number of nitrogens with zero attached hydrogens (tertiary/aromatic N) is 10. The second-order valence-corrected chi connectivity index (χ2v) is 13.7. The Labute approximate surface area is 300 Å². The lowest BCUT2D eigenvalue weighted by Crippen LogP contribution is -2.48. The standard InChI is InChI=1S/C38H38N12O2/c1-39-37(51)35-31(17-34(44-45-35)50-32-14-4-3-9-24(32)18-40-50)43-29-12-8-11-27-28-19-41-49(33(28)23-46(2)36(27)29)26-21-47(22-26)20-25-10-7-13-30(42-25)38(52)48-15-5-6-16-48/h3-4,7-14,17-19,26H,5-6,15-16,20-23H2,1-2H3,(H,39,51)(H,43,44). The molecule has 2 fully saturated rings. The molecule has 9 rings (SSSR count). The molecule has 4 aromatic heterocycles. The first-order chi connectivity index (χ1) is 25.4. The van der Waals surface area contributed by atoms with Gasteiger partial charge in [0.2, 0.25) is 0 Å². The Balaban J connectivity index is 0.955. The highest BCUT2D eigenvalue weighted by atomic mass is 16.2. The van der Waals surface area contributed by atoms with Crippen LogP contribution in [0.2, 0.25) is 0 Å². The van der Waals surface area contributed by atoms with Crippen LogP contribution in [0.5, 0.6) is 0 Å². The predicted octanol–water partition coefficient (Wildman–Crippen LogP) is 4.42. The van der Waals surface area contributed by atoms with Gasteiger partial charge in [-0.1, -0.05) is 36.4 Å². The summed E-state index contributed by atoms with van der Waals surface area (Å²) in [6, 6.07) is 21.8. The molecule has 0 aliphatic carbocycles. The Bertz CT molecular complexity index is 2340. The number of anilines is 3. The van der Waals surface area contributed by atoms with E-state index in [0.29, 0.717) is 30.3 Å². The Hall–Kier alpha value is -6.15. The zero-order valence-electron chi connectivity index (χ0n) is 29.0. The Kier molecular flexibility index (Phi) is 7.87. The lowest BCUT2D eigenvalue weighted by atomic mass is 9.97. The molecule has 2 amide bonds. The fourth-order valence-electron chi connectivity index (χ4n) is 7.65. The molecule has 2 N–H and O–H groups in total. The summed E-state index contributed by atoms with van der Waals surface area (Å²) in [5.41, 5.74) is 8.18. The smallest absolute Gasteiger partial charge is 0.273 e. The van der Waals surface area contributed by atoms with E-state index in [1.807, 2.05) is 71.8 Å². The zero-order chi connectivity index (χ0) is 35.3. The Morgan fingerprint density at radius 3 is 2.56 bits per heavy atom. The van der Waals surface area contributed by atoms with Crippen LogP contribution in [0.1, 0.15) is 51.2 Å². The Morgan fingerprint density at radius 2 is 1.71 bits per heavy atom. The number of hydrogen-bond donors (Lipinski definition) is 2. The number of amides is 2. The van der Waals surface area contributed by atoms with E-state index in [1.165, 1.54) is 0 Å². The lowest BCUT2D eigenvalue weighted by molar-refractivity contribution is 0.0781. The van der Waals surface area contributed by atoms with Crippen molar-refractivity contribution in [1.29, 1.82) is 0 Å². The van der Waals surface area contributed by atoms with E-state index in [1.54, 1.807) is 17.9 Å². The van der Waals surface area contributed by atoms with E-state index in [9.17, 15) is 9.59 Å². The van der Waals surface area contributed by atoms with Crippen LogP contribution >= 0.6 is 0 Å². The molecule has 0 saturated carbocycles. The average Bonchev–Trinajstić information content (AvgIpc) is 3.94. The van der Waals surface area contributed by atoms with Crippen LogP contribution in [0, 0.1) is 0 Å². The summed E-state index contributed by atoms with van der Waals surface area (Å²) in [6.45, 7) is 4.69. The molecule has 7 heterocycles. The summed E-state index contributed by atoms with van der Waals surface area (Å²) in [5, 5.41) is 25.3. The number of rotatable bonds is 8. The average molecular weight is 695 g/mol. The minimum absolute atomic E-state index is 0.0313. The first-order valence-corrected chi connectivity index (χ1v) is 17.6. The molecule has 0 radical (unpaired) electrons. The second kappa shape index (κ2) is 12.9. The highest BCUT2D eigenvalue weighted by Crippen LogP contribution is 2.45. The van der Waals surface area contributed by atoms with E-state index >= 15 is 0 Å². The van der Waals surface area contributed by atoms with Crippen molar-refractivity contribution in [1.82, 2.24) is 49.9 Å². The molecule has 14 heteroatoms. The van der Waals surface area contributed by atoms with Gasteiger partial charge in [0, 0.05) is 69.4 Å². The van der Waals surface area contributed by atoms with E-state index in [-0.39, 0.29) is 23.6 Å². The monoisotopic (exact) mass is 694 g/mol. The summed E-state index contributed by atoms with van der Waals surface area (Å²) in [5.74, 6) is 0.178. The molecule has 0 unspecified atom stereocenters. The van der Waals surface area contributed by atoms with Gasteiger partial charge in [-0.05, 0) is 37.1 Å². The molecule has 3 aliphatic heterocycles. The molecular formula is C38H38N12O2. The van der Waals surface area contributed by atoms with Gasteiger partial charge in [-0.3, -0.25) is 19.2 Å². The summed E-state index contributed by atoms with van der Waals surface area (Å²) in [4.78, 5) is 37.0. The summed E-state index contributed by atoms with van der Waals surface area (Å²) in [7, 11) is 3.65. The van der Waals surface area contributed by atoms with E-state index in [4.69, 9.17) is 10.1 Å².